The van der Waals surface area contributed by atoms with E-state index in [0.29, 0.717) is 22.7 Å². The van der Waals surface area contributed by atoms with Crippen LogP contribution in [0.4, 0.5) is 22.7 Å². The monoisotopic (exact) mass is 405 g/mol. The Hall–Kier alpha value is -4.20. The van der Waals surface area contributed by atoms with Crippen molar-refractivity contribution in [3.63, 3.8) is 0 Å². The highest BCUT2D eigenvalue weighted by Crippen LogP contribution is 2.29. The minimum Gasteiger partial charge on any atom is -0.495 e. The molecule has 3 aromatic rings. The predicted molar refractivity (Wildman–Crippen MR) is 114 cm³/mol. The average Bonchev–Trinajstić information content (AvgIpc) is 2.74. The van der Waals surface area contributed by atoms with Crippen molar-refractivity contribution in [3.05, 3.63) is 88.0 Å². The van der Waals surface area contributed by atoms with Crippen LogP contribution in [0, 0.1) is 10.1 Å². The molecule has 0 aromatic heterocycles. The summed E-state index contributed by atoms with van der Waals surface area (Å²) in [6.45, 7) is 1.35. The highest BCUT2D eigenvalue weighted by molar-refractivity contribution is 6.05. The van der Waals surface area contributed by atoms with E-state index >= 15 is 0 Å². The molecule has 30 heavy (non-hydrogen) atoms. The molecule has 0 fully saturated rings. The fourth-order valence-corrected chi connectivity index (χ4v) is 2.81. The van der Waals surface area contributed by atoms with Gasteiger partial charge < -0.3 is 15.4 Å². The molecule has 8 heteroatoms. The maximum absolute atomic E-state index is 12.5. The molecule has 0 unspecified atom stereocenters. The molecule has 0 saturated heterocycles. The van der Waals surface area contributed by atoms with Gasteiger partial charge in [0, 0.05) is 22.9 Å². The first-order valence-corrected chi connectivity index (χ1v) is 9.00. The number of ketones is 1. The van der Waals surface area contributed by atoms with Crippen molar-refractivity contribution in [2.45, 2.75) is 6.92 Å². The molecule has 0 atom stereocenters. The lowest BCUT2D eigenvalue weighted by atomic mass is 10.1. The van der Waals surface area contributed by atoms with Crippen LogP contribution in [0.15, 0.2) is 66.7 Å². The zero-order chi connectivity index (χ0) is 21.7. The van der Waals surface area contributed by atoms with Crippen LogP contribution >= 0.6 is 0 Å². The van der Waals surface area contributed by atoms with E-state index in [-0.39, 0.29) is 28.6 Å². The largest absolute Gasteiger partial charge is 0.495 e. The lowest BCUT2D eigenvalue weighted by molar-refractivity contribution is -0.383. The second-order valence-electron chi connectivity index (χ2n) is 6.40. The second kappa shape index (κ2) is 8.87. The van der Waals surface area contributed by atoms with E-state index in [1.165, 1.54) is 32.2 Å². The van der Waals surface area contributed by atoms with Crippen molar-refractivity contribution < 1.29 is 19.2 Å². The van der Waals surface area contributed by atoms with Crippen LogP contribution in [0.5, 0.6) is 5.75 Å². The summed E-state index contributed by atoms with van der Waals surface area (Å²) in [6, 6.07) is 17.8. The zero-order valence-electron chi connectivity index (χ0n) is 16.3. The Kier molecular flexibility index (Phi) is 6.07. The van der Waals surface area contributed by atoms with E-state index in [1.54, 1.807) is 48.5 Å². The van der Waals surface area contributed by atoms with Crippen LogP contribution in [0.1, 0.15) is 27.6 Å². The van der Waals surface area contributed by atoms with Gasteiger partial charge in [-0.1, -0.05) is 12.1 Å². The molecule has 3 aromatic carbocycles. The second-order valence-corrected chi connectivity index (χ2v) is 6.40. The van der Waals surface area contributed by atoms with Crippen LogP contribution in [0.25, 0.3) is 0 Å². The molecule has 0 radical (unpaired) electrons. The fraction of sp³-hybridized carbons (Fsp3) is 0.0909. The molecule has 0 aliphatic heterocycles. The van der Waals surface area contributed by atoms with Gasteiger partial charge in [-0.15, -0.1) is 0 Å². The van der Waals surface area contributed by atoms with Crippen molar-refractivity contribution in [1.82, 2.24) is 0 Å². The summed E-state index contributed by atoms with van der Waals surface area (Å²) in [4.78, 5) is 34.8. The van der Waals surface area contributed by atoms with Gasteiger partial charge in [0.2, 0.25) is 0 Å². The number of methoxy groups -OCH3 is 1. The standard InChI is InChI=1S/C22H19N3O5/c1-14(26)16-9-12-18(20(13-16)25(28)29)23-17-10-7-15(8-11-17)22(27)24-19-5-3-4-6-21(19)30-2/h3-13,23H,1-2H3,(H,24,27). The number of hydrogen-bond donors (Lipinski definition) is 2. The van der Waals surface area contributed by atoms with Crippen molar-refractivity contribution in [2.24, 2.45) is 0 Å². The first kappa shape index (κ1) is 20.5. The molecule has 0 saturated carbocycles. The van der Waals surface area contributed by atoms with Gasteiger partial charge in [-0.2, -0.15) is 0 Å². The Balaban J connectivity index is 1.77. The Bertz CT molecular complexity index is 1110. The topological polar surface area (TPSA) is 111 Å². The van der Waals surface area contributed by atoms with Gasteiger partial charge in [-0.25, -0.2) is 0 Å². The first-order chi connectivity index (χ1) is 14.4. The van der Waals surface area contributed by atoms with E-state index in [0.717, 1.165) is 0 Å². The average molecular weight is 405 g/mol. The first-order valence-electron chi connectivity index (χ1n) is 9.00. The summed E-state index contributed by atoms with van der Waals surface area (Å²) >= 11 is 0. The number of hydrogen-bond acceptors (Lipinski definition) is 6. The van der Waals surface area contributed by atoms with Gasteiger partial charge in [0.25, 0.3) is 11.6 Å². The highest BCUT2D eigenvalue weighted by Gasteiger charge is 2.17. The number of amides is 1. The number of nitro benzene ring substituents is 1. The minimum atomic E-state index is -0.552. The number of nitro groups is 1. The van der Waals surface area contributed by atoms with E-state index < -0.39 is 4.92 Å². The van der Waals surface area contributed by atoms with Gasteiger partial charge in [-0.3, -0.25) is 19.7 Å². The molecule has 3 rings (SSSR count). The summed E-state index contributed by atoms with van der Waals surface area (Å²) in [6.07, 6.45) is 0. The lowest BCUT2D eigenvalue weighted by Gasteiger charge is -2.11. The number of ether oxygens (including phenoxy) is 1. The third-order valence-corrected chi connectivity index (χ3v) is 4.38. The normalized spacial score (nSPS) is 10.2. The van der Waals surface area contributed by atoms with E-state index in [4.69, 9.17) is 4.74 Å². The Labute approximate surface area is 172 Å². The lowest BCUT2D eigenvalue weighted by Crippen LogP contribution is -2.12. The molecule has 8 nitrogen and oxygen atoms in total. The summed E-state index contributed by atoms with van der Waals surface area (Å²) in [5.41, 5.74) is 1.82. The molecule has 0 aliphatic rings. The van der Waals surface area contributed by atoms with Crippen molar-refractivity contribution in [1.29, 1.82) is 0 Å². The van der Waals surface area contributed by atoms with E-state index in [2.05, 4.69) is 10.6 Å². The van der Waals surface area contributed by atoms with Crippen LogP contribution in [0.2, 0.25) is 0 Å². The summed E-state index contributed by atoms with van der Waals surface area (Å²) < 4.78 is 5.22. The number of nitrogens with zero attached hydrogens (tertiary/aromatic N) is 1. The molecule has 152 valence electrons. The number of carbonyl (C=O) groups excluding carboxylic acids is 2. The number of carbonyl (C=O) groups is 2. The Morgan fingerprint density at radius 3 is 2.23 bits per heavy atom. The Morgan fingerprint density at radius 2 is 1.60 bits per heavy atom. The van der Waals surface area contributed by atoms with Gasteiger partial charge in [-0.05, 0) is 55.5 Å². The van der Waals surface area contributed by atoms with E-state index in [1.807, 2.05) is 0 Å². The van der Waals surface area contributed by atoms with Crippen LogP contribution in [-0.2, 0) is 0 Å². The van der Waals surface area contributed by atoms with Crippen LogP contribution in [0.3, 0.4) is 0 Å². The van der Waals surface area contributed by atoms with Gasteiger partial charge >= 0.3 is 0 Å². The van der Waals surface area contributed by atoms with Gasteiger partial charge in [0.05, 0.1) is 17.7 Å². The minimum absolute atomic E-state index is 0.208. The predicted octanol–water partition coefficient (Wildman–Crippen LogP) is 4.80. The maximum atomic E-state index is 12.5. The van der Waals surface area contributed by atoms with Gasteiger partial charge in [0.15, 0.2) is 5.78 Å². The van der Waals surface area contributed by atoms with Crippen LogP contribution < -0.4 is 15.4 Å². The molecule has 0 spiro atoms. The number of para-hydroxylation sites is 2. The van der Waals surface area contributed by atoms with Crippen LogP contribution in [-0.4, -0.2) is 23.7 Å². The molecule has 0 aliphatic carbocycles. The fourth-order valence-electron chi connectivity index (χ4n) is 2.81. The highest BCUT2D eigenvalue weighted by atomic mass is 16.6. The molecule has 0 heterocycles. The molecule has 1 amide bonds. The maximum Gasteiger partial charge on any atom is 0.293 e. The van der Waals surface area contributed by atoms with Gasteiger partial charge in [0.1, 0.15) is 11.4 Å². The summed E-state index contributed by atoms with van der Waals surface area (Å²) in [5, 5.41) is 17.1. The summed E-state index contributed by atoms with van der Waals surface area (Å²) in [7, 11) is 1.52. The molecule has 0 bridgehead atoms. The van der Waals surface area contributed by atoms with Crippen molar-refractivity contribution in [2.75, 3.05) is 17.7 Å². The van der Waals surface area contributed by atoms with E-state index in [9.17, 15) is 19.7 Å². The Morgan fingerprint density at radius 1 is 0.933 bits per heavy atom. The quantitative estimate of drug-likeness (QED) is 0.332. The number of nitrogens with one attached hydrogen (secondary N) is 2. The smallest absolute Gasteiger partial charge is 0.293 e. The number of rotatable bonds is 7. The third kappa shape index (κ3) is 4.61. The number of benzene rings is 3. The third-order valence-electron chi connectivity index (χ3n) is 4.38. The number of Topliss-reactive ketones (excluding diaryl/α,β-unsaturated/α-hetero) is 1. The molecular weight excluding hydrogens is 386 g/mol. The zero-order valence-corrected chi connectivity index (χ0v) is 16.3. The molecule has 2 N–H and O–H groups in total. The summed E-state index contributed by atoms with van der Waals surface area (Å²) in [5.74, 6) is -0.0247. The molecular formula is C22H19N3O5. The number of anilines is 3. The van der Waals surface area contributed by atoms with Crippen molar-refractivity contribution >= 4 is 34.4 Å². The SMILES string of the molecule is COc1ccccc1NC(=O)c1ccc(Nc2ccc(C(C)=O)cc2[N+](=O)[O-])cc1. The van der Waals surface area contributed by atoms with Crippen molar-refractivity contribution in [3.8, 4) is 5.75 Å².